The summed E-state index contributed by atoms with van der Waals surface area (Å²) in [6.07, 6.45) is 0.789. The van der Waals surface area contributed by atoms with Gasteiger partial charge in [-0.2, -0.15) is 0 Å². The van der Waals surface area contributed by atoms with Crippen LogP contribution in [0.25, 0.3) is 0 Å². The van der Waals surface area contributed by atoms with Crippen molar-refractivity contribution in [1.82, 2.24) is 0 Å². The first kappa shape index (κ1) is 10.4. The average molecular weight is 251 g/mol. The van der Waals surface area contributed by atoms with Crippen molar-refractivity contribution >= 4 is 15.9 Å². The van der Waals surface area contributed by atoms with Crippen LogP contribution >= 0.6 is 15.9 Å². The highest BCUT2D eigenvalue weighted by Gasteiger charge is 2.03. The van der Waals surface area contributed by atoms with Gasteiger partial charge in [-0.15, -0.1) is 0 Å². The Labute approximate surface area is 83.8 Å². The predicted octanol–water partition coefficient (Wildman–Crippen LogP) is 3.13. The van der Waals surface area contributed by atoms with Crippen LogP contribution in [0.5, 0.6) is 5.75 Å². The highest BCUT2D eigenvalue weighted by Crippen LogP contribution is 2.17. The van der Waals surface area contributed by atoms with E-state index in [9.17, 15) is 8.78 Å². The zero-order chi connectivity index (χ0) is 9.68. The minimum atomic E-state index is -0.658. The summed E-state index contributed by atoms with van der Waals surface area (Å²) in [5.74, 6) is -1.15. The summed E-state index contributed by atoms with van der Waals surface area (Å²) in [5.41, 5.74) is 0. The third-order valence-corrected chi connectivity index (χ3v) is 1.99. The Morgan fingerprint density at radius 3 is 2.69 bits per heavy atom. The van der Waals surface area contributed by atoms with Crippen molar-refractivity contribution < 1.29 is 13.5 Å². The third-order valence-electron chi connectivity index (χ3n) is 1.43. The lowest BCUT2D eigenvalue weighted by molar-refractivity contribution is 0.301. The summed E-state index contributed by atoms with van der Waals surface area (Å²) < 4.78 is 30.4. The molecule has 0 saturated heterocycles. The van der Waals surface area contributed by atoms with E-state index in [-0.39, 0.29) is 5.75 Å². The number of ether oxygens (including phenoxy) is 1. The van der Waals surface area contributed by atoms with Gasteiger partial charge >= 0.3 is 0 Å². The summed E-state index contributed by atoms with van der Waals surface area (Å²) in [4.78, 5) is 0. The largest absolute Gasteiger partial charge is 0.490 e. The molecule has 1 rings (SSSR count). The second-order valence-corrected chi connectivity index (χ2v) is 3.26. The average Bonchev–Trinajstić information content (AvgIpc) is 2.09. The molecule has 0 unspecified atom stereocenters. The summed E-state index contributed by atoms with van der Waals surface area (Å²) in [6.45, 7) is 0.424. The van der Waals surface area contributed by atoms with E-state index in [0.717, 1.165) is 17.8 Å². The molecule has 1 aromatic rings. The molecule has 0 saturated carbocycles. The number of alkyl halides is 1. The molecule has 0 amide bonds. The van der Waals surface area contributed by atoms with Gasteiger partial charge < -0.3 is 4.74 Å². The first-order valence-electron chi connectivity index (χ1n) is 3.88. The molecule has 4 heteroatoms. The van der Waals surface area contributed by atoms with E-state index < -0.39 is 11.6 Å². The van der Waals surface area contributed by atoms with Crippen LogP contribution < -0.4 is 4.74 Å². The molecule has 0 aliphatic heterocycles. The quantitative estimate of drug-likeness (QED) is 0.590. The highest BCUT2D eigenvalue weighted by atomic mass is 79.9. The Morgan fingerprint density at radius 2 is 2.08 bits per heavy atom. The van der Waals surface area contributed by atoms with Crippen LogP contribution in [0.3, 0.4) is 0 Å². The van der Waals surface area contributed by atoms with Crippen LogP contribution in [-0.4, -0.2) is 11.9 Å². The zero-order valence-electron chi connectivity index (χ0n) is 6.90. The maximum Gasteiger partial charge on any atom is 0.167 e. The van der Waals surface area contributed by atoms with Crippen LogP contribution in [0.15, 0.2) is 18.2 Å². The van der Waals surface area contributed by atoms with Crippen LogP contribution in [0.1, 0.15) is 6.42 Å². The molecular weight excluding hydrogens is 242 g/mol. The number of benzene rings is 1. The van der Waals surface area contributed by atoms with Crippen LogP contribution in [0, 0.1) is 11.6 Å². The van der Waals surface area contributed by atoms with E-state index in [2.05, 4.69) is 15.9 Å². The predicted molar refractivity (Wildman–Crippen MR) is 50.3 cm³/mol. The molecule has 0 fully saturated rings. The number of rotatable bonds is 4. The van der Waals surface area contributed by atoms with Crippen LogP contribution in [0.4, 0.5) is 8.78 Å². The minimum Gasteiger partial charge on any atom is -0.490 e. The van der Waals surface area contributed by atoms with E-state index in [4.69, 9.17) is 4.74 Å². The van der Waals surface area contributed by atoms with Gasteiger partial charge in [0.25, 0.3) is 0 Å². The first-order valence-corrected chi connectivity index (χ1v) is 5.00. The fourth-order valence-electron chi connectivity index (χ4n) is 0.829. The monoisotopic (exact) mass is 250 g/mol. The molecule has 0 spiro atoms. The van der Waals surface area contributed by atoms with E-state index >= 15 is 0 Å². The van der Waals surface area contributed by atoms with Crippen LogP contribution in [0.2, 0.25) is 0 Å². The van der Waals surface area contributed by atoms with Gasteiger partial charge in [0.05, 0.1) is 6.61 Å². The van der Waals surface area contributed by atoms with Crippen molar-refractivity contribution in [2.24, 2.45) is 0 Å². The first-order chi connectivity index (χ1) is 6.24. The lowest BCUT2D eigenvalue weighted by atomic mass is 10.3. The molecule has 1 nitrogen and oxygen atoms in total. The highest BCUT2D eigenvalue weighted by molar-refractivity contribution is 9.09. The van der Waals surface area contributed by atoms with Gasteiger partial charge in [0, 0.05) is 11.4 Å². The van der Waals surface area contributed by atoms with Gasteiger partial charge in [-0.3, -0.25) is 0 Å². The van der Waals surface area contributed by atoms with Crippen LogP contribution in [-0.2, 0) is 0 Å². The molecule has 0 bridgehead atoms. The minimum absolute atomic E-state index is 0.0994. The molecule has 13 heavy (non-hydrogen) atoms. The normalized spacial score (nSPS) is 10.1. The summed E-state index contributed by atoms with van der Waals surface area (Å²) in [7, 11) is 0. The lowest BCUT2D eigenvalue weighted by Gasteiger charge is -2.05. The zero-order valence-corrected chi connectivity index (χ0v) is 8.48. The van der Waals surface area contributed by atoms with Crippen molar-refractivity contribution in [3.63, 3.8) is 0 Å². The summed E-state index contributed by atoms with van der Waals surface area (Å²) in [5, 5.41) is 0.801. The topological polar surface area (TPSA) is 9.23 Å². The second kappa shape index (κ2) is 5.17. The Hall–Kier alpha value is -0.640. The molecule has 0 N–H and O–H groups in total. The summed E-state index contributed by atoms with van der Waals surface area (Å²) >= 11 is 3.22. The Kier molecular flexibility index (Phi) is 4.15. The van der Waals surface area contributed by atoms with Crippen molar-refractivity contribution in [2.45, 2.75) is 6.42 Å². The molecule has 0 aromatic heterocycles. The van der Waals surface area contributed by atoms with Gasteiger partial charge in [-0.25, -0.2) is 8.78 Å². The molecule has 0 heterocycles. The van der Waals surface area contributed by atoms with Crippen molar-refractivity contribution in [3.8, 4) is 5.75 Å². The SMILES string of the molecule is Fc1ccc(OCCCBr)c(F)c1. The molecule has 0 aliphatic rings. The number of hydrogen-bond acceptors (Lipinski definition) is 1. The Bertz CT molecular complexity index is 278. The number of halogens is 3. The van der Waals surface area contributed by atoms with E-state index in [0.29, 0.717) is 6.61 Å². The van der Waals surface area contributed by atoms with Gasteiger partial charge in [-0.1, -0.05) is 15.9 Å². The van der Waals surface area contributed by atoms with Gasteiger partial charge in [0.15, 0.2) is 11.6 Å². The Balaban J connectivity index is 2.56. The molecule has 0 atom stereocenters. The fraction of sp³-hybridized carbons (Fsp3) is 0.333. The van der Waals surface area contributed by atoms with Gasteiger partial charge in [0.2, 0.25) is 0 Å². The maximum atomic E-state index is 12.9. The molecule has 0 radical (unpaired) electrons. The Morgan fingerprint density at radius 1 is 1.31 bits per heavy atom. The van der Waals surface area contributed by atoms with E-state index in [1.165, 1.54) is 12.1 Å². The smallest absolute Gasteiger partial charge is 0.167 e. The second-order valence-electron chi connectivity index (χ2n) is 2.47. The van der Waals surface area contributed by atoms with Crippen molar-refractivity contribution in [2.75, 3.05) is 11.9 Å². The van der Waals surface area contributed by atoms with E-state index in [1.54, 1.807) is 0 Å². The maximum absolute atomic E-state index is 12.9. The third kappa shape index (κ3) is 3.30. The fourth-order valence-corrected chi connectivity index (χ4v) is 1.06. The van der Waals surface area contributed by atoms with Crippen molar-refractivity contribution in [3.05, 3.63) is 29.8 Å². The summed E-state index contributed by atoms with van der Waals surface area (Å²) in [6, 6.07) is 3.27. The molecular formula is C9H9BrF2O. The standard InChI is InChI=1S/C9H9BrF2O/c10-4-1-5-13-9-3-2-7(11)6-8(9)12/h2-3,6H,1,4-5H2. The van der Waals surface area contributed by atoms with Gasteiger partial charge in [-0.05, 0) is 18.6 Å². The number of hydrogen-bond donors (Lipinski definition) is 0. The molecule has 0 aliphatic carbocycles. The van der Waals surface area contributed by atoms with E-state index in [1.807, 2.05) is 0 Å². The van der Waals surface area contributed by atoms with Crippen molar-refractivity contribution in [1.29, 1.82) is 0 Å². The molecule has 72 valence electrons. The van der Waals surface area contributed by atoms with Gasteiger partial charge in [0.1, 0.15) is 5.82 Å². The lowest BCUT2D eigenvalue weighted by Crippen LogP contribution is -1.99. The molecule has 1 aromatic carbocycles.